The van der Waals surface area contributed by atoms with Crippen LogP contribution in [0.1, 0.15) is 12.5 Å². The number of amides is 1. The van der Waals surface area contributed by atoms with Crippen LogP contribution in [0.15, 0.2) is 60.3 Å². The molecule has 0 aliphatic carbocycles. The Bertz CT molecular complexity index is 1050. The quantitative estimate of drug-likeness (QED) is 0.405. The van der Waals surface area contributed by atoms with Crippen LogP contribution >= 0.6 is 23.4 Å². The van der Waals surface area contributed by atoms with Gasteiger partial charge in [0.1, 0.15) is 5.82 Å². The van der Waals surface area contributed by atoms with Crippen LogP contribution < -0.4 is 5.32 Å². The number of allylic oxidation sites excluding steroid dienone is 1. The molecule has 1 aromatic heterocycles. The maximum Gasteiger partial charge on any atom is 0.237 e. The summed E-state index contributed by atoms with van der Waals surface area (Å²) in [7, 11) is 0. The number of halogens is 2. The number of hydrogen-bond acceptors (Lipinski definition) is 4. The Kier molecular flexibility index (Phi) is 6.71. The molecular weight excluding hydrogens is 411 g/mol. The van der Waals surface area contributed by atoms with E-state index >= 15 is 0 Å². The van der Waals surface area contributed by atoms with Crippen molar-refractivity contribution in [2.75, 3.05) is 5.32 Å². The summed E-state index contributed by atoms with van der Waals surface area (Å²) in [6.07, 6.45) is 1.68. The average Bonchev–Trinajstić information content (AvgIpc) is 3.07. The normalized spacial score (nSPS) is 11.9. The number of carbonyl (C=O) groups excluding carboxylic acids is 1. The molecule has 2 aromatic carbocycles. The van der Waals surface area contributed by atoms with E-state index in [4.69, 9.17) is 11.6 Å². The molecule has 0 radical (unpaired) electrons. The molecule has 0 saturated heterocycles. The minimum absolute atomic E-state index is 0.194. The molecule has 1 unspecified atom stereocenters. The third kappa shape index (κ3) is 4.86. The third-order valence-electron chi connectivity index (χ3n) is 4.25. The van der Waals surface area contributed by atoms with Gasteiger partial charge in [0.15, 0.2) is 11.0 Å². The third-order valence-corrected chi connectivity index (χ3v) is 5.57. The van der Waals surface area contributed by atoms with Crippen LogP contribution in [0.2, 0.25) is 5.02 Å². The number of rotatable bonds is 7. The Labute approximate surface area is 178 Å². The second-order valence-electron chi connectivity index (χ2n) is 6.39. The van der Waals surface area contributed by atoms with Crippen molar-refractivity contribution in [1.82, 2.24) is 14.8 Å². The molecule has 1 heterocycles. The Balaban J connectivity index is 1.82. The first-order valence-electron chi connectivity index (χ1n) is 8.93. The average molecular weight is 431 g/mol. The number of aryl methyl sites for hydroxylation is 1. The van der Waals surface area contributed by atoms with E-state index in [2.05, 4.69) is 22.1 Å². The fourth-order valence-electron chi connectivity index (χ4n) is 2.69. The Morgan fingerprint density at radius 3 is 2.83 bits per heavy atom. The van der Waals surface area contributed by atoms with Crippen LogP contribution in [0.25, 0.3) is 11.4 Å². The highest BCUT2D eigenvalue weighted by molar-refractivity contribution is 8.00. The SMILES string of the molecule is C=CCn1c(SC(C)C(=O)Nc2cc(Cl)ccc2C)nnc1-c1ccccc1F. The first-order chi connectivity index (χ1) is 13.9. The van der Waals surface area contributed by atoms with Gasteiger partial charge in [-0.15, -0.1) is 16.8 Å². The Morgan fingerprint density at radius 2 is 2.10 bits per heavy atom. The summed E-state index contributed by atoms with van der Waals surface area (Å²) >= 11 is 7.26. The predicted molar refractivity (Wildman–Crippen MR) is 116 cm³/mol. The minimum atomic E-state index is -0.463. The summed E-state index contributed by atoms with van der Waals surface area (Å²) in [6, 6.07) is 11.7. The smallest absolute Gasteiger partial charge is 0.237 e. The fraction of sp³-hybridized carbons (Fsp3) is 0.190. The molecule has 0 aliphatic heterocycles. The van der Waals surface area contributed by atoms with E-state index in [9.17, 15) is 9.18 Å². The Morgan fingerprint density at radius 1 is 1.34 bits per heavy atom. The molecule has 0 spiro atoms. The van der Waals surface area contributed by atoms with Gasteiger partial charge in [0.05, 0.1) is 10.8 Å². The Hall–Kier alpha value is -2.64. The number of hydrogen-bond donors (Lipinski definition) is 1. The molecule has 1 atom stereocenters. The molecule has 0 fully saturated rings. The lowest BCUT2D eigenvalue weighted by molar-refractivity contribution is -0.115. The summed E-state index contributed by atoms with van der Waals surface area (Å²) < 4.78 is 16.0. The van der Waals surface area contributed by atoms with Gasteiger partial charge in [0.2, 0.25) is 5.91 Å². The van der Waals surface area contributed by atoms with E-state index in [1.165, 1.54) is 17.8 Å². The van der Waals surface area contributed by atoms with Crippen molar-refractivity contribution in [3.05, 3.63) is 71.5 Å². The van der Waals surface area contributed by atoms with Gasteiger partial charge in [-0.1, -0.05) is 47.6 Å². The molecule has 29 heavy (non-hydrogen) atoms. The van der Waals surface area contributed by atoms with Gasteiger partial charge < -0.3 is 5.32 Å². The molecule has 3 aromatic rings. The zero-order valence-electron chi connectivity index (χ0n) is 16.0. The summed E-state index contributed by atoms with van der Waals surface area (Å²) in [5.74, 6) is -0.186. The maximum absolute atomic E-state index is 14.2. The van der Waals surface area contributed by atoms with Crippen molar-refractivity contribution in [2.24, 2.45) is 0 Å². The molecule has 0 saturated carbocycles. The highest BCUT2D eigenvalue weighted by atomic mass is 35.5. The second kappa shape index (κ2) is 9.24. The maximum atomic E-state index is 14.2. The molecule has 3 rings (SSSR count). The summed E-state index contributed by atoms with van der Waals surface area (Å²) in [5.41, 5.74) is 1.92. The van der Waals surface area contributed by atoms with Crippen LogP contribution in [0.5, 0.6) is 0 Å². The highest BCUT2D eigenvalue weighted by Gasteiger charge is 2.22. The summed E-state index contributed by atoms with van der Waals surface area (Å²) in [4.78, 5) is 12.7. The number of nitrogens with zero attached hydrogens (tertiary/aromatic N) is 3. The number of aromatic nitrogens is 3. The fourth-order valence-corrected chi connectivity index (χ4v) is 3.72. The zero-order valence-corrected chi connectivity index (χ0v) is 17.6. The van der Waals surface area contributed by atoms with Crippen LogP contribution in [0, 0.1) is 12.7 Å². The highest BCUT2D eigenvalue weighted by Crippen LogP contribution is 2.29. The van der Waals surface area contributed by atoms with Gasteiger partial charge in [-0.3, -0.25) is 9.36 Å². The van der Waals surface area contributed by atoms with E-state index in [0.717, 1.165) is 5.56 Å². The predicted octanol–water partition coefficient (Wildman–Crippen LogP) is 5.35. The van der Waals surface area contributed by atoms with Crippen LogP contribution in [-0.4, -0.2) is 25.9 Å². The molecule has 150 valence electrons. The van der Waals surface area contributed by atoms with E-state index in [1.54, 1.807) is 47.9 Å². The van der Waals surface area contributed by atoms with Gasteiger partial charge in [0, 0.05) is 17.3 Å². The standard InChI is InChI=1S/C21H20ClFN4OS/c1-4-11-27-19(16-7-5-6-8-17(16)23)25-26-21(27)29-14(3)20(28)24-18-12-15(22)10-9-13(18)2/h4-10,12,14H,1,11H2,2-3H3,(H,24,28). The summed E-state index contributed by atoms with van der Waals surface area (Å²) in [6.45, 7) is 7.81. The topological polar surface area (TPSA) is 59.8 Å². The second-order valence-corrected chi connectivity index (χ2v) is 8.14. The molecule has 1 N–H and O–H groups in total. The van der Waals surface area contributed by atoms with E-state index < -0.39 is 5.25 Å². The summed E-state index contributed by atoms with van der Waals surface area (Å²) in [5, 5.41) is 11.8. The molecule has 0 aliphatic rings. The van der Waals surface area contributed by atoms with Crippen molar-refractivity contribution in [3.63, 3.8) is 0 Å². The van der Waals surface area contributed by atoms with Gasteiger partial charge in [-0.25, -0.2) is 4.39 Å². The lowest BCUT2D eigenvalue weighted by atomic mass is 10.2. The van der Waals surface area contributed by atoms with Crippen molar-refractivity contribution >= 4 is 35.0 Å². The van der Waals surface area contributed by atoms with E-state index in [-0.39, 0.29) is 11.7 Å². The van der Waals surface area contributed by atoms with Crippen LogP contribution in [0.3, 0.4) is 0 Å². The number of benzene rings is 2. The zero-order chi connectivity index (χ0) is 21.0. The number of anilines is 1. The van der Waals surface area contributed by atoms with E-state index in [0.29, 0.717) is 33.8 Å². The molecule has 0 bridgehead atoms. The first kappa shape index (κ1) is 21.1. The van der Waals surface area contributed by atoms with Crippen LogP contribution in [-0.2, 0) is 11.3 Å². The number of carbonyl (C=O) groups is 1. The molecular formula is C21H20ClFN4OS. The first-order valence-corrected chi connectivity index (χ1v) is 10.2. The van der Waals surface area contributed by atoms with Crippen LogP contribution in [0.4, 0.5) is 10.1 Å². The molecule has 1 amide bonds. The van der Waals surface area contributed by atoms with Crippen molar-refractivity contribution < 1.29 is 9.18 Å². The monoisotopic (exact) mass is 430 g/mol. The number of thioether (sulfide) groups is 1. The van der Waals surface area contributed by atoms with Crippen molar-refractivity contribution in [2.45, 2.75) is 30.8 Å². The van der Waals surface area contributed by atoms with Gasteiger partial charge in [-0.2, -0.15) is 0 Å². The van der Waals surface area contributed by atoms with Gasteiger partial charge in [0.25, 0.3) is 0 Å². The largest absolute Gasteiger partial charge is 0.325 e. The van der Waals surface area contributed by atoms with Gasteiger partial charge in [-0.05, 0) is 43.7 Å². The lowest BCUT2D eigenvalue weighted by Crippen LogP contribution is -2.23. The minimum Gasteiger partial charge on any atom is -0.325 e. The lowest BCUT2D eigenvalue weighted by Gasteiger charge is -2.14. The molecule has 8 heteroatoms. The van der Waals surface area contributed by atoms with Crippen molar-refractivity contribution in [3.8, 4) is 11.4 Å². The van der Waals surface area contributed by atoms with E-state index in [1.807, 2.05) is 13.0 Å². The van der Waals surface area contributed by atoms with Gasteiger partial charge >= 0.3 is 0 Å². The van der Waals surface area contributed by atoms with Crippen molar-refractivity contribution in [1.29, 1.82) is 0 Å². The molecule has 5 nitrogen and oxygen atoms in total. The number of nitrogens with one attached hydrogen (secondary N) is 1.